The first-order valence-corrected chi connectivity index (χ1v) is 7.40. The topological polar surface area (TPSA) is 80.7 Å². The van der Waals surface area contributed by atoms with Crippen LogP contribution in [-0.4, -0.2) is 22.0 Å². The number of pyridine rings is 1. The van der Waals surface area contributed by atoms with Crippen LogP contribution in [0.4, 0.5) is 4.39 Å². The van der Waals surface area contributed by atoms with Gasteiger partial charge in [0.05, 0.1) is 10.9 Å². The van der Waals surface area contributed by atoms with Gasteiger partial charge in [-0.2, -0.15) is 5.26 Å². The van der Waals surface area contributed by atoms with Crippen LogP contribution in [-0.2, 0) is 14.1 Å². The largest absolute Gasteiger partial charge is 0.332 e. The third-order valence-electron chi connectivity index (χ3n) is 3.94. The van der Waals surface area contributed by atoms with E-state index in [0.717, 1.165) is 21.3 Å². The Morgan fingerprint density at radius 3 is 2.60 bits per heavy atom. The molecule has 0 saturated heterocycles. The van der Waals surface area contributed by atoms with Crippen LogP contribution in [0.5, 0.6) is 0 Å². The van der Waals surface area contributed by atoms with Gasteiger partial charge in [0.1, 0.15) is 24.9 Å². The number of rotatable bonds is 1. The summed E-state index contributed by atoms with van der Waals surface area (Å²) in [7, 11) is 8.64. The van der Waals surface area contributed by atoms with Crippen molar-refractivity contribution in [2.45, 2.75) is 0 Å². The number of nitriles is 1. The van der Waals surface area contributed by atoms with Gasteiger partial charge in [-0.3, -0.25) is 13.9 Å². The summed E-state index contributed by atoms with van der Waals surface area (Å²) in [5, 5.41) is 9.23. The predicted octanol–water partition coefficient (Wildman–Crippen LogP) is 0.757. The quantitative estimate of drug-likeness (QED) is 0.477. The van der Waals surface area contributed by atoms with Crippen molar-refractivity contribution in [1.82, 2.24) is 14.1 Å². The van der Waals surface area contributed by atoms with Crippen LogP contribution in [0, 0.1) is 17.1 Å². The van der Waals surface area contributed by atoms with E-state index < -0.39 is 17.1 Å². The highest BCUT2D eigenvalue weighted by molar-refractivity contribution is 6.37. The maximum Gasteiger partial charge on any atom is 0.332 e. The zero-order chi connectivity index (χ0) is 18.5. The first-order chi connectivity index (χ1) is 11.8. The highest BCUT2D eigenvalue weighted by Gasteiger charge is 2.22. The Balaban J connectivity index is 2.71. The Hall–Kier alpha value is -2.92. The first kappa shape index (κ1) is 16.9. The molecule has 2 radical (unpaired) electrons. The van der Waals surface area contributed by atoms with Gasteiger partial charge >= 0.3 is 5.69 Å². The summed E-state index contributed by atoms with van der Waals surface area (Å²) in [5.41, 5.74) is -1.11. The molecule has 3 aromatic rings. The van der Waals surface area contributed by atoms with Crippen molar-refractivity contribution in [3.05, 3.63) is 55.6 Å². The molecule has 0 unspecified atom stereocenters. The van der Waals surface area contributed by atoms with Gasteiger partial charge in [0.2, 0.25) is 0 Å². The van der Waals surface area contributed by atoms with Crippen LogP contribution in [0.1, 0.15) is 5.56 Å². The van der Waals surface area contributed by atoms with Gasteiger partial charge in [-0.1, -0.05) is 23.1 Å². The van der Waals surface area contributed by atoms with E-state index in [0.29, 0.717) is 0 Å². The van der Waals surface area contributed by atoms with Crippen molar-refractivity contribution in [3.8, 4) is 17.2 Å². The Bertz CT molecular complexity index is 1210. The van der Waals surface area contributed by atoms with Crippen molar-refractivity contribution < 1.29 is 4.39 Å². The Labute approximate surface area is 147 Å². The van der Waals surface area contributed by atoms with E-state index in [1.54, 1.807) is 0 Å². The van der Waals surface area contributed by atoms with Gasteiger partial charge in [0.25, 0.3) is 5.56 Å². The Morgan fingerprint density at radius 1 is 1.28 bits per heavy atom. The third-order valence-corrected chi connectivity index (χ3v) is 4.21. The van der Waals surface area contributed by atoms with Gasteiger partial charge in [-0.05, 0) is 17.7 Å². The standard InChI is InChI=1S/C16H9BClFN4O2/c1-22-14-12(15(24)23(2)16(22)25)11(9(6-20)13(18)21-14)8-5-7(19)3-4-10(8)17/h3-5H,1-2H3. The predicted molar refractivity (Wildman–Crippen MR) is 92.7 cm³/mol. The van der Waals surface area contributed by atoms with E-state index in [-0.39, 0.29) is 38.3 Å². The van der Waals surface area contributed by atoms with E-state index in [4.69, 9.17) is 19.4 Å². The fourth-order valence-corrected chi connectivity index (χ4v) is 2.89. The second-order valence-electron chi connectivity index (χ2n) is 5.40. The fourth-order valence-electron chi connectivity index (χ4n) is 2.68. The molecule has 2 aromatic heterocycles. The van der Waals surface area contributed by atoms with Crippen molar-refractivity contribution in [1.29, 1.82) is 5.26 Å². The maximum atomic E-state index is 13.8. The van der Waals surface area contributed by atoms with Gasteiger partial charge in [-0.15, -0.1) is 0 Å². The van der Waals surface area contributed by atoms with Crippen LogP contribution in [0.15, 0.2) is 27.8 Å². The molecule has 3 rings (SSSR count). The molecule has 9 heteroatoms. The molecular formula is C16H9BClFN4O2. The molecule has 0 atom stereocenters. The average molecular weight is 355 g/mol. The van der Waals surface area contributed by atoms with Gasteiger partial charge in [-0.25, -0.2) is 14.2 Å². The average Bonchev–Trinajstić information content (AvgIpc) is 2.59. The normalized spacial score (nSPS) is 10.8. The van der Waals surface area contributed by atoms with Crippen LogP contribution in [0.2, 0.25) is 5.15 Å². The minimum Gasteiger partial charge on any atom is -0.280 e. The zero-order valence-corrected chi connectivity index (χ0v) is 13.9. The lowest BCUT2D eigenvalue weighted by Gasteiger charge is -2.15. The second-order valence-corrected chi connectivity index (χ2v) is 5.76. The molecule has 0 N–H and O–H groups in total. The Morgan fingerprint density at radius 2 is 1.96 bits per heavy atom. The number of halogens is 2. The van der Waals surface area contributed by atoms with Crippen LogP contribution < -0.4 is 16.7 Å². The lowest BCUT2D eigenvalue weighted by molar-refractivity contribution is 0.628. The molecule has 0 amide bonds. The SMILES string of the molecule is [B]c1ccc(F)cc1-c1c(C#N)c(Cl)nc2c1c(=O)n(C)c(=O)n2C. The molecule has 0 aliphatic carbocycles. The summed E-state index contributed by atoms with van der Waals surface area (Å²) in [5.74, 6) is -0.601. The lowest BCUT2D eigenvalue weighted by atomic mass is 9.85. The third kappa shape index (κ3) is 2.44. The Kier molecular flexibility index (Phi) is 3.97. The van der Waals surface area contributed by atoms with Crippen molar-refractivity contribution in [2.75, 3.05) is 0 Å². The van der Waals surface area contributed by atoms with Crippen LogP contribution in [0.25, 0.3) is 22.2 Å². The highest BCUT2D eigenvalue weighted by Crippen LogP contribution is 2.31. The fraction of sp³-hybridized carbons (Fsp3) is 0.125. The summed E-state index contributed by atoms with van der Waals surface area (Å²) >= 11 is 6.07. The number of aryl methyl sites for hydroxylation is 1. The van der Waals surface area contributed by atoms with Crippen molar-refractivity contribution in [3.63, 3.8) is 0 Å². The number of hydrogen-bond donors (Lipinski definition) is 0. The van der Waals surface area contributed by atoms with E-state index in [1.807, 2.05) is 6.07 Å². The van der Waals surface area contributed by atoms with Gasteiger partial charge in [0, 0.05) is 19.7 Å². The minimum atomic E-state index is -0.683. The highest BCUT2D eigenvalue weighted by atomic mass is 35.5. The number of nitrogens with zero attached hydrogens (tertiary/aromatic N) is 4. The molecular weight excluding hydrogens is 345 g/mol. The summed E-state index contributed by atoms with van der Waals surface area (Å²) < 4.78 is 15.8. The molecule has 122 valence electrons. The van der Waals surface area contributed by atoms with Crippen molar-refractivity contribution in [2.24, 2.45) is 14.1 Å². The van der Waals surface area contributed by atoms with E-state index in [9.17, 15) is 19.2 Å². The zero-order valence-electron chi connectivity index (χ0n) is 13.2. The van der Waals surface area contributed by atoms with Crippen LogP contribution in [0.3, 0.4) is 0 Å². The minimum absolute atomic E-state index is 0.0178. The number of hydrogen-bond acceptors (Lipinski definition) is 4. The maximum absolute atomic E-state index is 13.8. The summed E-state index contributed by atoms with van der Waals surface area (Å²) in [4.78, 5) is 28.8. The summed E-state index contributed by atoms with van der Waals surface area (Å²) in [6.07, 6.45) is 0. The molecule has 2 heterocycles. The molecule has 6 nitrogen and oxygen atoms in total. The van der Waals surface area contributed by atoms with E-state index in [1.165, 1.54) is 20.2 Å². The molecule has 0 fully saturated rings. The lowest BCUT2D eigenvalue weighted by Crippen LogP contribution is -2.37. The molecule has 25 heavy (non-hydrogen) atoms. The molecule has 0 bridgehead atoms. The second kappa shape index (κ2) is 5.86. The number of aromatic nitrogens is 3. The monoisotopic (exact) mass is 354 g/mol. The van der Waals surface area contributed by atoms with Crippen LogP contribution >= 0.6 is 11.6 Å². The molecule has 0 aliphatic heterocycles. The summed E-state index contributed by atoms with van der Waals surface area (Å²) in [6.45, 7) is 0. The van der Waals surface area contributed by atoms with Gasteiger partial charge in [0.15, 0.2) is 5.65 Å². The van der Waals surface area contributed by atoms with Crippen molar-refractivity contribution >= 4 is 35.9 Å². The smallest absolute Gasteiger partial charge is 0.280 e. The van der Waals surface area contributed by atoms with E-state index >= 15 is 0 Å². The number of fused-ring (bicyclic) bond motifs is 1. The molecule has 0 aliphatic rings. The van der Waals surface area contributed by atoms with Gasteiger partial charge < -0.3 is 0 Å². The van der Waals surface area contributed by atoms with E-state index in [2.05, 4.69) is 4.98 Å². The first-order valence-electron chi connectivity index (χ1n) is 7.02. The molecule has 1 aromatic carbocycles. The molecule has 0 saturated carbocycles. The summed E-state index contributed by atoms with van der Waals surface area (Å²) in [6, 6.07) is 5.45. The molecule has 0 spiro atoms. The number of benzene rings is 1.